The van der Waals surface area contributed by atoms with Gasteiger partial charge in [-0.2, -0.15) is 0 Å². The average molecular weight is 841 g/mol. The van der Waals surface area contributed by atoms with E-state index in [1.165, 1.54) is 11.4 Å². The molecule has 0 atom stereocenters. The van der Waals surface area contributed by atoms with Gasteiger partial charge in [-0.3, -0.25) is 0 Å². The van der Waals surface area contributed by atoms with Gasteiger partial charge in [-0.15, -0.1) is 0 Å². The van der Waals surface area contributed by atoms with Gasteiger partial charge in [-0.05, 0) is 153 Å². The summed E-state index contributed by atoms with van der Waals surface area (Å²) >= 11 is 0. The molecule has 9 aromatic rings. The number of hydrogen-bond acceptors (Lipinski definition) is 5. The lowest BCUT2D eigenvalue weighted by Crippen LogP contribution is -2.20. The van der Waals surface area contributed by atoms with Crippen molar-refractivity contribution in [2.24, 2.45) is 0 Å². The number of anilines is 10. The lowest BCUT2D eigenvalue weighted by atomic mass is 9.98. The van der Waals surface area contributed by atoms with E-state index in [4.69, 9.17) is 4.42 Å². The van der Waals surface area contributed by atoms with Crippen LogP contribution in [-0.2, 0) is 6.42 Å². The number of fused-ring (bicyclic) bond motifs is 3. The van der Waals surface area contributed by atoms with Crippen molar-refractivity contribution < 1.29 is 4.42 Å². The number of rotatable bonds is 12. The van der Waals surface area contributed by atoms with Gasteiger partial charge >= 0.3 is 0 Å². The van der Waals surface area contributed by atoms with Crippen LogP contribution in [0.25, 0.3) is 17.0 Å². The maximum absolute atomic E-state index is 6.66. The Labute approximate surface area is 381 Å². The fourth-order valence-electron chi connectivity index (χ4n) is 9.33. The maximum atomic E-state index is 6.66. The van der Waals surface area contributed by atoms with E-state index in [2.05, 4.69) is 262 Å². The summed E-state index contributed by atoms with van der Waals surface area (Å²) in [6.07, 6.45) is 12.7. The Morgan fingerprint density at radius 1 is 0.338 bits per heavy atom. The molecule has 2 aliphatic carbocycles. The molecule has 1 aromatic heterocycles. The van der Waals surface area contributed by atoms with Crippen LogP contribution in [0.3, 0.4) is 0 Å². The second kappa shape index (κ2) is 17.8. The highest BCUT2D eigenvalue weighted by Crippen LogP contribution is 2.45. The minimum absolute atomic E-state index is 0.801. The number of allylic oxidation sites excluding steroid dienone is 5. The summed E-state index contributed by atoms with van der Waals surface area (Å²) in [6, 6.07) is 77.7. The molecule has 0 N–H and O–H groups in total. The zero-order valence-corrected chi connectivity index (χ0v) is 36.1. The molecule has 11 rings (SSSR count). The number of benzene rings is 8. The van der Waals surface area contributed by atoms with Crippen LogP contribution in [0.5, 0.6) is 0 Å². The third kappa shape index (κ3) is 8.01. The van der Waals surface area contributed by atoms with E-state index in [0.29, 0.717) is 0 Å². The summed E-state index contributed by atoms with van der Waals surface area (Å²) in [5, 5.41) is 1.10. The fourth-order valence-corrected chi connectivity index (χ4v) is 9.33. The van der Waals surface area contributed by atoms with Crippen LogP contribution in [0, 0.1) is 0 Å². The molecule has 0 bridgehead atoms. The molecule has 8 aromatic carbocycles. The van der Waals surface area contributed by atoms with Gasteiger partial charge < -0.3 is 24.0 Å². The van der Waals surface area contributed by atoms with Crippen LogP contribution < -0.4 is 19.6 Å². The molecular weight excluding hydrogens is 793 g/mol. The molecule has 1 heterocycles. The van der Waals surface area contributed by atoms with Gasteiger partial charge in [0.15, 0.2) is 0 Å². The van der Waals surface area contributed by atoms with Crippen molar-refractivity contribution in [1.29, 1.82) is 0 Å². The minimum atomic E-state index is 0.801. The number of aryl methyl sites for hydroxylation is 1. The lowest BCUT2D eigenvalue weighted by Gasteiger charge is -2.31. The Hall–Kier alpha value is -8.28. The van der Waals surface area contributed by atoms with E-state index in [9.17, 15) is 0 Å². The standard InChI is InChI=1S/C60H48N4O/c1-7-20-45(21-8-1)61(46-22-9-2-10-23-46)51-34-36-52(37-35-51)63(49-28-15-5-16-29-49)55-38-40-59-57(43-55)58-44-56(39-41-60(58)65-59)64(50-30-17-6-18-31-50)54-33-19-32-53(42-54)62(47-24-11-3-12-25-47)48-26-13-4-14-27-48/h1-9,11-22,24-37,39,41-44H,10,23,38,40H2. The molecule has 2 aliphatic rings. The largest absolute Gasteiger partial charge is 0.460 e. The molecule has 314 valence electrons. The zero-order chi connectivity index (χ0) is 43.4. The molecule has 65 heavy (non-hydrogen) atoms. The van der Waals surface area contributed by atoms with Crippen LogP contribution >= 0.6 is 0 Å². The Morgan fingerprint density at radius 2 is 0.754 bits per heavy atom. The van der Waals surface area contributed by atoms with Gasteiger partial charge in [0.05, 0.1) is 0 Å². The molecular formula is C60H48N4O. The molecule has 0 spiro atoms. The summed E-state index contributed by atoms with van der Waals surface area (Å²) in [4.78, 5) is 9.46. The Balaban J connectivity index is 0.988. The monoisotopic (exact) mass is 840 g/mol. The first-order chi connectivity index (χ1) is 32.2. The number of hydrogen-bond donors (Lipinski definition) is 0. The van der Waals surface area contributed by atoms with E-state index in [-0.39, 0.29) is 0 Å². The summed E-state index contributed by atoms with van der Waals surface area (Å²) in [7, 11) is 0. The number of furan rings is 1. The Bertz CT molecular complexity index is 3100. The van der Waals surface area contributed by atoms with E-state index < -0.39 is 0 Å². The van der Waals surface area contributed by atoms with Crippen molar-refractivity contribution in [3.05, 3.63) is 259 Å². The third-order valence-corrected chi connectivity index (χ3v) is 12.3. The van der Waals surface area contributed by atoms with Crippen LogP contribution in [-0.4, -0.2) is 0 Å². The highest BCUT2D eigenvalue weighted by molar-refractivity contribution is 5.95. The zero-order valence-electron chi connectivity index (χ0n) is 36.1. The van der Waals surface area contributed by atoms with Crippen molar-refractivity contribution in [1.82, 2.24) is 0 Å². The summed E-state index contributed by atoms with van der Waals surface area (Å²) in [5.41, 5.74) is 15.5. The van der Waals surface area contributed by atoms with E-state index in [1.54, 1.807) is 0 Å². The molecule has 0 unspecified atom stereocenters. The normalized spacial score (nSPS) is 13.1. The van der Waals surface area contributed by atoms with E-state index in [0.717, 1.165) is 105 Å². The first-order valence-corrected chi connectivity index (χ1v) is 22.5. The smallest absolute Gasteiger partial charge is 0.135 e. The third-order valence-electron chi connectivity index (χ3n) is 12.3. The van der Waals surface area contributed by atoms with Crippen molar-refractivity contribution in [3.8, 4) is 0 Å². The summed E-state index contributed by atoms with van der Waals surface area (Å²) in [6.45, 7) is 0. The van der Waals surface area contributed by atoms with Gasteiger partial charge in [0.2, 0.25) is 0 Å². The molecule has 0 radical (unpaired) electrons. The molecule has 0 fully saturated rings. The molecule has 0 aliphatic heterocycles. The second-order valence-corrected chi connectivity index (χ2v) is 16.4. The van der Waals surface area contributed by atoms with E-state index in [1.807, 2.05) is 0 Å². The van der Waals surface area contributed by atoms with Crippen LogP contribution in [0.2, 0.25) is 0 Å². The van der Waals surface area contributed by atoms with Crippen molar-refractivity contribution in [2.75, 3.05) is 19.6 Å². The molecule has 0 amide bonds. The molecule has 5 heteroatoms. The van der Waals surface area contributed by atoms with Gasteiger partial charge in [-0.1, -0.05) is 109 Å². The van der Waals surface area contributed by atoms with Crippen molar-refractivity contribution in [2.45, 2.75) is 25.7 Å². The van der Waals surface area contributed by atoms with E-state index >= 15 is 0 Å². The Kier molecular flexibility index (Phi) is 10.9. The first kappa shape index (κ1) is 39.6. The highest BCUT2D eigenvalue weighted by Gasteiger charge is 2.25. The fraction of sp³-hybridized carbons (Fsp3) is 0.0667. The molecule has 5 nitrogen and oxygen atoms in total. The highest BCUT2D eigenvalue weighted by atomic mass is 16.3. The molecule has 0 saturated carbocycles. The van der Waals surface area contributed by atoms with Crippen molar-refractivity contribution >= 4 is 73.9 Å². The average Bonchev–Trinajstić information content (AvgIpc) is 3.74. The quantitative estimate of drug-likeness (QED) is 0.122. The van der Waals surface area contributed by atoms with Crippen molar-refractivity contribution in [3.63, 3.8) is 0 Å². The lowest BCUT2D eigenvalue weighted by molar-refractivity contribution is 0.542. The molecule has 0 saturated heterocycles. The van der Waals surface area contributed by atoms with Crippen LogP contribution in [0.4, 0.5) is 56.9 Å². The minimum Gasteiger partial charge on any atom is -0.460 e. The van der Waals surface area contributed by atoms with Crippen LogP contribution in [0.1, 0.15) is 30.6 Å². The first-order valence-electron chi connectivity index (χ1n) is 22.5. The summed E-state index contributed by atoms with van der Waals surface area (Å²) in [5.74, 6) is 1.02. The number of nitrogens with zero attached hydrogens (tertiary/aromatic N) is 4. The SMILES string of the molecule is C1=CCCC(N(c2ccccc2)c2ccc(N(C3=Cc4c(oc5ccc(N(c6ccccc6)c6cccc(N(c7ccccc7)c7ccccc7)c6)cc45)CC3)c3ccccc3)cc2)=C1. The van der Waals surface area contributed by atoms with Gasteiger partial charge in [0, 0.05) is 85.6 Å². The predicted molar refractivity (Wildman–Crippen MR) is 272 cm³/mol. The number of para-hydroxylation sites is 5. The Morgan fingerprint density at radius 3 is 1.25 bits per heavy atom. The predicted octanol–water partition coefficient (Wildman–Crippen LogP) is 16.9. The van der Waals surface area contributed by atoms with Crippen LogP contribution in [0.15, 0.2) is 252 Å². The summed E-state index contributed by atoms with van der Waals surface area (Å²) < 4.78 is 6.66. The van der Waals surface area contributed by atoms with Gasteiger partial charge in [0.25, 0.3) is 0 Å². The second-order valence-electron chi connectivity index (χ2n) is 16.4. The maximum Gasteiger partial charge on any atom is 0.135 e. The van der Waals surface area contributed by atoms with Gasteiger partial charge in [-0.25, -0.2) is 0 Å². The van der Waals surface area contributed by atoms with Gasteiger partial charge in [0.1, 0.15) is 11.3 Å². The topological polar surface area (TPSA) is 26.1 Å².